The van der Waals surface area contributed by atoms with Crippen LogP contribution in [-0.4, -0.2) is 25.8 Å². The minimum atomic E-state index is -3.60. The molecule has 114 valence electrons. The summed E-state index contributed by atoms with van der Waals surface area (Å²) in [6.07, 6.45) is 0.217. The van der Waals surface area contributed by atoms with Crippen molar-refractivity contribution in [2.75, 3.05) is 13.1 Å². The van der Waals surface area contributed by atoms with E-state index in [9.17, 15) is 8.42 Å². The molecule has 1 aliphatic rings. The number of allylic oxidation sites excluding steroid dienone is 1. The second-order valence-corrected chi connectivity index (χ2v) is 7.37. The zero-order chi connectivity index (χ0) is 16.3. The Labute approximate surface area is 131 Å². The zero-order valence-electron chi connectivity index (χ0n) is 12.6. The Morgan fingerprint density at radius 2 is 1.95 bits per heavy atom. The lowest BCUT2D eigenvalue weighted by atomic mass is 9.96. The third-order valence-electron chi connectivity index (χ3n) is 3.91. The zero-order valence-corrected chi connectivity index (χ0v) is 13.4. The van der Waals surface area contributed by atoms with Crippen molar-refractivity contribution >= 4 is 10.0 Å². The van der Waals surface area contributed by atoms with Gasteiger partial charge in [-0.3, -0.25) is 0 Å². The highest BCUT2D eigenvalue weighted by Crippen LogP contribution is 2.32. The van der Waals surface area contributed by atoms with Crippen LogP contribution in [-0.2, 0) is 10.0 Å². The maximum Gasteiger partial charge on any atom is 0.243 e. The van der Waals surface area contributed by atoms with Gasteiger partial charge in [-0.2, -0.15) is 14.8 Å². The molecule has 0 saturated carbocycles. The first kappa shape index (κ1) is 16.2. The van der Waals surface area contributed by atoms with Crippen LogP contribution in [0.25, 0.3) is 0 Å². The van der Waals surface area contributed by atoms with Gasteiger partial charge in [0.15, 0.2) is 0 Å². The van der Waals surface area contributed by atoms with Crippen molar-refractivity contribution in [3.05, 3.63) is 41.0 Å². The van der Waals surface area contributed by atoms with Gasteiger partial charge in [-0.15, -0.1) is 0 Å². The maximum absolute atomic E-state index is 12.7. The minimum Gasteiger partial charge on any atom is -0.207 e. The Bertz CT molecular complexity index is 780. The molecule has 1 fully saturated rings. The van der Waals surface area contributed by atoms with Gasteiger partial charge in [0.1, 0.15) is 0 Å². The normalized spacial score (nSPS) is 21.2. The SMILES string of the molecule is C/C(C#N)=C1\CN(S(=O)(=O)c2ccc(C)cc2)CC1CC#N. The monoisotopic (exact) mass is 315 g/mol. The standard InChI is InChI=1S/C16H17N3O2S/c1-12-3-5-15(6-4-12)22(20,21)19-10-14(7-8-17)16(11-19)13(2)9-18/h3-6,14H,7,10-11H2,1-2H3/b16-13-. The van der Waals surface area contributed by atoms with E-state index in [1.807, 2.05) is 6.92 Å². The fourth-order valence-corrected chi connectivity index (χ4v) is 4.04. The van der Waals surface area contributed by atoms with Crippen molar-refractivity contribution in [3.63, 3.8) is 0 Å². The van der Waals surface area contributed by atoms with Gasteiger partial charge in [0.25, 0.3) is 0 Å². The van der Waals surface area contributed by atoms with Gasteiger partial charge in [0, 0.05) is 31.0 Å². The molecule has 0 bridgehead atoms. The molecular formula is C16H17N3O2S. The van der Waals surface area contributed by atoms with E-state index in [0.717, 1.165) is 11.1 Å². The molecule has 1 atom stereocenters. The van der Waals surface area contributed by atoms with Gasteiger partial charge < -0.3 is 0 Å². The van der Waals surface area contributed by atoms with Crippen LogP contribution in [0.4, 0.5) is 0 Å². The lowest BCUT2D eigenvalue weighted by Gasteiger charge is -2.15. The first-order chi connectivity index (χ1) is 10.4. The molecule has 2 rings (SSSR count). The number of aryl methyl sites for hydroxylation is 1. The molecule has 5 nitrogen and oxygen atoms in total. The van der Waals surface area contributed by atoms with Crippen LogP contribution in [0.15, 0.2) is 40.3 Å². The topological polar surface area (TPSA) is 85.0 Å². The average Bonchev–Trinajstić information content (AvgIpc) is 2.92. The summed E-state index contributed by atoms with van der Waals surface area (Å²) in [4.78, 5) is 0.240. The van der Waals surface area contributed by atoms with Crippen LogP contribution in [0.2, 0.25) is 0 Å². The van der Waals surface area contributed by atoms with Crippen molar-refractivity contribution in [2.24, 2.45) is 5.92 Å². The summed E-state index contributed by atoms with van der Waals surface area (Å²) in [5.41, 5.74) is 2.24. The van der Waals surface area contributed by atoms with Crippen LogP contribution in [0.5, 0.6) is 0 Å². The summed E-state index contributed by atoms with van der Waals surface area (Å²) in [6.45, 7) is 3.99. The molecule has 22 heavy (non-hydrogen) atoms. The Morgan fingerprint density at radius 1 is 1.32 bits per heavy atom. The van der Waals surface area contributed by atoms with Crippen molar-refractivity contribution in [1.29, 1.82) is 10.5 Å². The van der Waals surface area contributed by atoms with Crippen molar-refractivity contribution < 1.29 is 8.42 Å². The van der Waals surface area contributed by atoms with E-state index in [1.165, 1.54) is 4.31 Å². The van der Waals surface area contributed by atoms with E-state index in [-0.39, 0.29) is 30.3 Å². The number of hydrogen-bond acceptors (Lipinski definition) is 4. The second kappa shape index (κ2) is 6.31. The van der Waals surface area contributed by atoms with Gasteiger partial charge in [0.05, 0.1) is 17.0 Å². The molecule has 1 unspecified atom stereocenters. The lowest BCUT2D eigenvalue weighted by Crippen LogP contribution is -2.29. The van der Waals surface area contributed by atoms with Crippen molar-refractivity contribution in [3.8, 4) is 12.1 Å². The van der Waals surface area contributed by atoms with E-state index in [1.54, 1.807) is 31.2 Å². The molecule has 1 aromatic rings. The molecule has 0 N–H and O–H groups in total. The van der Waals surface area contributed by atoms with E-state index in [2.05, 4.69) is 12.1 Å². The van der Waals surface area contributed by atoms with Crippen LogP contribution in [0.1, 0.15) is 18.9 Å². The molecule has 1 saturated heterocycles. The number of hydrogen-bond donors (Lipinski definition) is 0. The molecule has 0 amide bonds. The van der Waals surface area contributed by atoms with Gasteiger partial charge >= 0.3 is 0 Å². The predicted molar refractivity (Wildman–Crippen MR) is 82.0 cm³/mol. The number of sulfonamides is 1. The fraction of sp³-hybridized carbons (Fsp3) is 0.375. The van der Waals surface area contributed by atoms with Crippen molar-refractivity contribution in [2.45, 2.75) is 25.2 Å². The third-order valence-corrected chi connectivity index (χ3v) is 5.74. The molecule has 1 heterocycles. The Balaban J connectivity index is 2.36. The minimum absolute atomic E-state index is 0.182. The predicted octanol–water partition coefficient (Wildman–Crippen LogP) is 2.37. The van der Waals surface area contributed by atoms with E-state index in [0.29, 0.717) is 5.57 Å². The summed E-state index contributed by atoms with van der Waals surface area (Å²) in [6, 6.07) is 10.8. The number of nitrogens with zero attached hydrogens (tertiary/aromatic N) is 3. The highest BCUT2D eigenvalue weighted by molar-refractivity contribution is 7.89. The van der Waals surface area contributed by atoms with Gasteiger partial charge in [-0.25, -0.2) is 8.42 Å². The Kier molecular flexibility index (Phi) is 4.65. The molecule has 0 aromatic heterocycles. The Hall–Kier alpha value is -2.15. The summed E-state index contributed by atoms with van der Waals surface area (Å²) >= 11 is 0. The maximum atomic E-state index is 12.7. The third kappa shape index (κ3) is 3.04. The number of rotatable bonds is 3. The van der Waals surface area contributed by atoms with Crippen LogP contribution >= 0.6 is 0 Å². The summed E-state index contributed by atoms with van der Waals surface area (Å²) in [5.74, 6) is -0.204. The van der Waals surface area contributed by atoms with Crippen LogP contribution in [0.3, 0.4) is 0 Å². The molecule has 0 spiro atoms. The van der Waals surface area contributed by atoms with Gasteiger partial charge in [-0.05, 0) is 31.6 Å². The second-order valence-electron chi connectivity index (χ2n) is 5.43. The van der Waals surface area contributed by atoms with E-state index in [4.69, 9.17) is 10.5 Å². The largest absolute Gasteiger partial charge is 0.243 e. The van der Waals surface area contributed by atoms with E-state index < -0.39 is 10.0 Å². The molecule has 1 aromatic carbocycles. The van der Waals surface area contributed by atoms with Gasteiger partial charge in [-0.1, -0.05) is 17.7 Å². The molecule has 0 radical (unpaired) electrons. The quantitative estimate of drug-likeness (QED) is 0.801. The lowest BCUT2D eigenvalue weighted by molar-refractivity contribution is 0.459. The Morgan fingerprint density at radius 3 is 2.50 bits per heavy atom. The fourth-order valence-electron chi connectivity index (χ4n) is 2.58. The first-order valence-corrected chi connectivity index (χ1v) is 8.37. The first-order valence-electron chi connectivity index (χ1n) is 6.93. The molecular weight excluding hydrogens is 298 g/mol. The highest BCUT2D eigenvalue weighted by atomic mass is 32.2. The van der Waals surface area contributed by atoms with E-state index >= 15 is 0 Å². The summed E-state index contributed by atoms with van der Waals surface area (Å²) in [5, 5.41) is 18.0. The number of nitriles is 2. The van der Waals surface area contributed by atoms with Crippen LogP contribution in [0, 0.1) is 35.5 Å². The molecule has 6 heteroatoms. The average molecular weight is 315 g/mol. The van der Waals surface area contributed by atoms with Crippen LogP contribution < -0.4 is 0 Å². The number of benzene rings is 1. The van der Waals surface area contributed by atoms with Crippen molar-refractivity contribution in [1.82, 2.24) is 4.31 Å². The smallest absolute Gasteiger partial charge is 0.207 e. The van der Waals surface area contributed by atoms with Gasteiger partial charge in [0.2, 0.25) is 10.0 Å². The molecule has 0 aliphatic carbocycles. The molecule has 1 aliphatic heterocycles. The summed E-state index contributed by atoms with van der Waals surface area (Å²) in [7, 11) is -3.60. The highest BCUT2D eigenvalue weighted by Gasteiger charge is 2.36. The summed E-state index contributed by atoms with van der Waals surface area (Å²) < 4.78 is 26.7.